The Bertz CT molecular complexity index is 448. The van der Waals surface area contributed by atoms with Gasteiger partial charge in [0.25, 0.3) is 0 Å². The van der Waals surface area contributed by atoms with Gasteiger partial charge >= 0.3 is 5.97 Å². The maximum Gasteiger partial charge on any atom is 0.339 e. The standard InChI is InChI=1S/C11H11FO4/c1-11(2,12)6-3-7(10(13)14)9-8(4-6)15-5-16-9/h3-4H,5H2,1-2H3,(H,13,14). The van der Waals surface area contributed by atoms with E-state index in [2.05, 4.69) is 0 Å². The van der Waals surface area contributed by atoms with Crippen molar-refractivity contribution in [2.24, 2.45) is 0 Å². The largest absolute Gasteiger partial charge is 0.478 e. The van der Waals surface area contributed by atoms with E-state index in [1.165, 1.54) is 26.0 Å². The van der Waals surface area contributed by atoms with E-state index in [4.69, 9.17) is 14.6 Å². The molecule has 0 aliphatic carbocycles. The van der Waals surface area contributed by atoms with Gasteiger partial charge in [0.2, 0.25) is 6.79 Å². The minimum Gasteiger partial charge on any atom is -0.478 e. The molecule has 1 aromatic rings. The van der Waals surface area contributed by atoms with E-state index in [0.717, 1.165) is 0 Å². The topological polar surface area (TPSA) is 55.8 Å². The highest BCUT2D eigenvalue weighted by Crippen LogP contribution is 2.40. The molecular weight excluding hydrogens is 215 g/mol. The molecule has 4 nitrogen and oxygen atoms in total. The van der Waals surface area contributed by atoms with Gasteiger partial charge in [-0.05, 0) is 31.5 Å². The van der Waals surface area contributed by atoms with Gasteiger partial charge in [-0.25, -0.2) is 9.18 Å². The van der Waals surface area contributed by atoms with Crippen LogP contribution in [0.25, 0.3) is 0 Å². The lowest BCUT2D eigenvalue weighted by Gasteiger charge is -2.16. The number of carboxylic acid groups (broad SMARTS) is 1. The first-order chi connectivity index (χ1) is 7.39. The summed E-state index contributed by atoms with van der Waals surface area (Å²) in [6.07, 6.45) is 0. The Labute approximate surface area is 91.6 Å². The summed E-state index contributed by atoms with van der Waals surface area (Å²) >= 11 is 0. The fourth-order valence-corrected chi connectivity index (χ4v) is 1.51. The van der Waals surface area contributed by atoms with Crippen LogP contribution < -0.4 is 9.47 Å². The molecule has 0 atom stereocenters. The lowest BCUT2D eigenvalue weighted by molar-refractivity contribution is 0.0692. The highest BCUT2D eigenvalue weighted by molar-refractivity contribution is 5.92. The zero-order valence-corrected chi connectivity index (χ0v) is 8.91. The molecule has 0 saturated carbocycles. The lowest BCUT2D eigenvalue weighted by atomic mass is 9.97. The van der Waals surface area contributed by atoms with Crippen molar-refractivity contribution in [2.45, 2.75) is 19.5 Å². The molecule has 86 valence electrons. The normalized spacial score (nSPS) is 13.9. The Kier molecular flexibility index (Phi) is 2.26. The predicted molar refractivity (Wildman–Crippen MR) is 53.7 cm³/mol. The quantitative estimate of drug-likeness (QED) is 0.840. The summed E-state index contributed by atoms with van der Waals surface area (Å²) in [5, 5.41) is 8.98. The molecule has 0 amide bonds. The van der Waals surface area contributed by atoms with E-state index in [9.17, 15) is 9.18 Å². The van der Waals surface area contributed by atoms with Gasteiger partial charge in [0, 0.05) is 0 Å². The molecule has 1 aliphatic heterocycles. The van der Waals surface area contributed by atoms with Crippen LogP contribution in [0.4, 0.5) is 4.39 Å². The second-order valence-corrected chi connectivity index (χ2v) is 4.04. The number of rotatable bonds is 2. The van der Waals surface area contributed by atoms with Crippen LogP contribution in [0.2, 0.25) is 0 Å². The third-order valence-electron chi connectivity index (χ3n) is 2.39. The SMILES string of the molecule is CC(C)(F)c1cc2c(c(C(=O)O)c1)OCO2. The molecule has 1 aliphatic rings. The first-order valence-electron chi connectivity index (χ1n) is 4.76. The lowest BCUT2D eigenvalue weighted by Crippen LogP contribution is -2.11. The molecule has 16 heavy (non-hydrogen) atoms. The van der Waals surface area contributed by atoms with E-state index in [-0.39, 0.29) is 29.4 Å². The van der Waals surface area contributed by atoms with Gasteiger partial charge in [0.15, 0.2) is 11.5 Å². The molecule has 0 spiro atoms. The summed E-state index contributed by atoms with van der Waals surface area (Å²) in [6, 6.07) is 2.74. The van der Waals surface area contributed by atoms with Gasteiger partial charge in [-0.1, -0.05) is 0 Å². The van der Waals surface area contributed by atoms with Crippen molar-refractivity contribution in [1.82, 2.24) is 0 Å². The molecule has 0 bridgehead atoms. The first kappa shape index (κ1) is 10.7. The molecule has 0 unspecified atom stereocenters. The zero-order valence-electron chi connectivity index (χ0n) is 8.91. The van der Waals surface area contributed by atoms with Crippen LogP contribution in [0.5, 0.6) is 11.5 Å². The van der Waals surface area contributed by atoms with E-state index in [1.54, 1.807) is 0 Å². The second-order valence-electron chi connectivity index (χ2n) is 4.04. The molecule has 1 N–H and O–H groups in total. The Balaban J connectivity index is 2.61. The summed E-state index contributed by atoms with van der Waals surface area (Å²) in [5.41, 5.74) is -1.43. The number of fused-ring (bicyclic) bond motifs is 1. The van der Waals surface area contributed by atoms with Crippen molar-refractivity contribution in [1.29, 1.82) is 0 Å². The first-order valence-corrected chi connectivity index (χ1v) is 4.76. The maximum atomic E-state index is 13.7. The molecule has 1 heterocycles. The fourth-order valence-electron chi connectivity index (χ4n) is 1.51. The number of benzene rings is 1. The zero-order chi connectivity index (χ0) is 11.9. The third kappa shape index (κ3) is 1.68. The summed E-state index contributed by atoms with van der Waals surface area (Å²) in [4.78, 5) is 11.0. The van der Waals surface area contributed by atoms with E-state index in [1.807, 2.05) is 0 Å². The van der Waals surface area contributed by atoms with E-state index < -0.39 is 11.6 Å². The van der Waals surface area contributed by atoms with Gasteiger partial charge in [0.05, 0.1) is 0 Å². The third-order valence-corrected chi connectivity index (χ3v) is 2.39. The average molecular weight is 226 g/mol. The molecule has 5 heteroatoms. The molecule has 1 aromatic carbocycles. The Morgan fingerprint density at radius 3 is 2.69 bits per heavy atom. The monoisotopic (exact) mass is 226 g/mol. The number of carbonyl (C=O) groups is 1. The number of carboxylic acids is 1. The highest BCUT2D eigenvalue weighted by atomic mass is 19.1. The minimum atomic E-state index is -1.62. The van der Waals surface area contributed by atoms with Crippen molar-refractivity contribution in [2.75, 3.05) is 6.79 Å². The van der Waals surface area contributed by atoms with Gasteiger partial charge in [0.1, 0.15) is 11.2 Å². The van der Waals surface area contributed by atoms with Crippen LogP contribution in [-0.4, -0.2) is 17.9 Å². The number of aromatic carboxylic acids is 1. The number of ether oxygens (including phenoxy) is 2. The van der Waals surface area contributed by atoms with Crippen molar-refractivity contribution < 1.29 is 23.8 Å². The van der Waals surface area contributed by atoms with Crippen LogP contribution in [0.3, 0.4) is 0 Å². The van der Waals surface area contributed by atoms with Crippen LogP contribution in [0.1, 0.15) is 29.8 Å². The van der Waals surface area contributed by atoms with Crippen molar-refractivity contribution in [3.63, 3.8) is 0 Å². The summed E-state index contributed by atoms with van der Waals surface area (Å²) in [7, 11) is 0. The van der Waals surface area contributed by atoms with Crippen LogP contribution >= 0.6 is 0 Å². The smallest absolute Gasteiger partial charge is 0.339 e. The van der Waals surface area contributed by atoms with Crippen LogP contribution in [-0.2, 0) is 5.67 Å². The highest BCUT2D eigenvalue weighted by Gasteiger charge is 2.28. The Hall–Kier alpha value is -1.78. The van der Waals surface area contributed by atoms with Crippen LogP contribution in [0.15, 0.2) is 12.1 Å². The van der Waals surface area contributed by atoms with Crippen molar-refractivity contribution >= 4 is 5.97 Å². The number of hydrogen-bond acceptors (Lipinski definition) is 3. The maximum absolute atomic E-state index is 13.7. The molecule has 2 rings (SSSR count). The average Bonchev–Trinajstić information content (AvgIpc) is 2.61. The number of hydrogen-bond donors (Lipinski definition) is 1. The molecular formula is C11H11FO4. The second kappa shape index (κ2) is 3.37. The molecule has 0 fully saturated rings. The van der Waals surface area contributed by atoms with Crippen molar-refractivity contribution in [3.8, 4) is 11.5 Å². The minimum absolute atomic E-state index is 0.0359. The number of alkyl halides is 1. The van der Waals surface area contributed by atoms with E-state index >= 15 is 0 Å². The van der Waals surface area contributed by atoms with Gasteiger partial charge < -0.3 is 14.6 Å². The van der Waals surface area contributed by atoms with Crippen LogP contribution in [0, 0.1) is 0 Å². The van der Waals surface area contributed by atoms with Gasteiger partial charge in [-0.2, -0.15) is 0 Å². The molecule has 0 aromatic heterocycles. The Morgan fingerprint density at radius 2 is 2.12 bits per heavy atom. The Morgan fingerprint density at radius 1 is 1.44 bits per heavy atom. The predicted octanol–water partition coefficient (Wildman–Crippen LogP) is 2.32. The molecule has 0 saturated heterocycles. The van der Waals surface area contributed by atoms with Gasteiger partial charge in [-0.15, -0.1) is 0 Å². The summed E-state index contributed by atoms with van der Waals surface area (Å²) in [6.45, 7) is 2.68. The van der Waals surface area contributed by atoms with Gasteiger partial charge in [-0.3, -0.25) is 0 Å². The summed E-state index contributed by atoms with van der Waals surface area (Å²) < 4.78 is 23.8. The number of halogens is 1. The summed E-state index contributed by atoms with van der Waals surface area (Å²) in [5.74, 6) is -0.714. The van der Waals surface area contributed by atoms with E-state index in [0.29, 0.717) is 0 Å². The fraction of sp³-hybridized carbons (Fsp3) is 0.364. The molecule has 0 radical (unpaired) electrons. The van der Waals surface area contributed by atoms with Crippen molar-refractivity contribution in [3.05, 3.63) is 23.3 Å².